The van der Waals surface area contributed by atoms with Gasteiger partial charge in [-0.05, 0) is 44.9 Å². The number of ether oxygens (including phenoxy) is 1. The topological polar surface area (TPSA) is 76.4 Å². The molecule has 1 unspecified atom stereocenters. The molecular weight excluding hydrogens is 254 g/mol. The number of carbonyl (C=O) groups is 1. The molecule has 0 saturated carbocycles. The Hall–Kier alpha value is -1.75. The van der Waals surface area contributed by atoms with Crippen LogP contribution in [0.2, 0.25) is 0 Å². The molecule has 1 aliphatic heterocycles. The lowest BCUT2D eigenvalue weighted by atomic mass is 10.0. The molecule has 1 aromatic rings. The number of nitrogens with two attached hydrogens (primary N) is 1. The first-order valence-electron chi connectivity index (χ1n) is 7.09. The highest BCUT2D eigenvalue weighted by molar-refractivity contribution is 5.96. The summed E-state index contributed by atoms with van der Waals surface area (Å²) < 4.78 is 5.73. The third-order valence-electron chi connectivity index (χ3n) is 3.60. The third-order valence-corrected chi connectivity index (χ3v) is 3.60. The number of rotatable bonds is 5. The minimum atomic E-state index is -0.120. The fourth-order valence-electron chi connectivity index (χ4n) is 2.39. The summed E-state index contributed by atoms with van der Waals surface area (Å²) in [6, 6.07) is 5.32. The quantitative estimate of drug-likeness (QED) is 0.719. The predicted octanol–water partition coefficient (Wildman–Crippen LogP) is 2.00. The minimum Gasteiger partial charge on any atom is -0.397 e. The first-order chi connectivity index (χ1) is 9.54. The van der Waals surface area contributed by atoms with Gasteiger partial charge < -0.3 is 21.1 Å². The number of benzene rings is 1. The molecule has 5 nitrogen and oxygen atoms in total. The van der Waals surface area contributed by atoms with Crippen molar-refractivity contribution in [2.24, 2.45) is 0 Å². The van der Waals surface area contributed by atoms with E-state index in [1.807, 2.05) is 13.0 Å². The number of hydrogen-bond donors (Lipinski definition) is 3. The lowest BCUT2D eigenvalue weighted by Crippen LogP contribution is -2.32. The summed E-state index contributed by atoms with van der Waals surface area (Å²) in [7, 11) is 0. The minimum absolute atomic E-state index is 0.100. The number of hydrogen-bond acceptors (Lipinski definition) is 4. The Kier molecular flexibility index (Phi) is 4.49. The van der Waals surface area contributed by atoms with E-state index >= 15 is 0 Å². The van der Waals surface area contributed by atoms with Crippen molar-refractivity contribution in [1.29, 1.82) is 0 Å². The van der Waals surface area contributed by atoms with Crippen LogP contribution >= 0.6 is 0 Å². The van der Waals surface area contributed by atoms with Crippen LogP contribution in [0.3, 0.4) is 0 Å². The van der Waals surface area contributed by atoms with Crippen LogP contribution in [0.25, 0.3) is 0 Å². The normalized spacial score (nSPS) is 21.7. The summed E-state index contributed by atoms with van der Waals surface area (Å²) in [6.45, 7) is 6.14. The summed E-state index contributed by atoms with van der Waals surface area (Å²) in [4.78, 5) is 11.7. The maximum Gasteiger partial charge on any atom is 0.251 e. The second-order valence-corrected chi connectivity index (χ2v) is 5.42. The number of carbonyl (C=O) groups excluding carboxylic acids is 1. The van der Waals surface area contributed by atoms with E-state index in [1.165, 1.54) is 0 Å². The fraction of sp³-hybridized carbons (Fsp3) is 0.533. The van der Waals surface area contributed by atoms with Gasteiger partial charge in [-0.1, -0.05) is 0 Å². The maximum atomic E-state index is 11.7. The largest absolute Gasteiger partial charge is 0.397 e. The van der Waals surface area contributed by atoms with Gasteiger partial charge in [0.05, 0.1) is 17.0 Å². The second-order valence-electron chi connectivity index (χ2n) is 5.42. The summed E-state index contributed by atoms with van der Waals surface area (Å²) in [5.74, 6) is -0.100. The van der Waals surface area contributed by atoms with Gasteiger partial charge in [-0.25, -0.2) is 0 Å². The Morgan fingerprint density at radius 2 is 2.30 bits per heavy atom. The Morgan fingerprint density at radius 3 is 2.90 bits per heavy atom. The van der Waals surface area contributed by atoms with Crippen LogP contribution in [0, 0.1) is 0 Å². The molecule has 5 heteroatoms. The van der Waals surface area contributed by atoms with Crippen molar-refractivity contribution >= 4 is 17.3 Å². The van der Waals surface area contributed by atoms with Gasteiger partial charge in [-0.15, -0.1) is 0 Å². The zero-order valence-corrected chi connectivity index (χ0v) is 12.2. The van der Waals surface area contributed by atoms with Gasteiger partial charge in [0, 0.05) is 25.3 Å². The van der Waals surface area contributed by atoms with E-state index in [4.69, 9.17) is 10.5 Å². The summed E-state index contributed by atoms with van der Waals surface area (Å²) in [5.41, 5.74) is 7.88. The maximum absolute atomic E-state index is 11.7. The van der Waals surface area contributed by atoms with Crippen LogP contribution < -0.4 is 16.4 Å². The molecule has 0 aromatic heterocycles. The van der Waals surface area contributed by atoms with Crippen LogP contribution in [-0.2, 0) is 4.74 Å². The molecule has 1 amide bonds. The average Bonchev–Trinajstić information content (AvgIpc) is 2.85. The number of amides is 1. The van der Waals surface area contributed by atoms with E-state index in [2.05, 4.69) is 17.6 Å². The molecule has 20 heavy (non-hydrogen) atoms. The van der Waals surface area contributed by atoms with E-state index < -0.39 is 0 Å². The highest BCUT2D eigenvalue weighted by Gasteiger charge is 2.29. The lowest BCUT2D eigenvalue weighted by molar-refractivity contribution is 0.0315. The van der Waals surface area contributed by atoms with Crippen LogP contribution in [0.5, 0.6) is 0 Å². The number of nitrogen functional groups attached to an aromatic ring is 1. The zero-order valence-electron chi connectivity index (χ0n) is 12.2. The predicted molar refractivity (Wildman–Crippen MR) is 80.9 cm³/mol. The molecule has 1 aromatic carbocycles. The summed E-state index contributed by atoms with van der Waals surface area (Å²) in [5, 5.41) is 6.07. The second kappa shape index (κ2) is 6.13. The van der Waals surface area contributed by atoms with Crippen molar-refractivity contribution in [3.8, 4) is 0 Å². The Morgan fingerprint density at radius 1 is 1.50 bits per heavy atom. The molecule has 1 fully saturated rings. The highest BCUT2D eigenvalue weighted by atomic mass is 16.5. The van der Waals surface area contributed by atoms with Gasteiger partial charge >= 0.3 is 0 Å². The standard InChI is InChI=1S/C15H23N3O2/c1-3-17-14(19)11-5-6-13(12(16)9-11)18-10-15(2)7-4-8-20-15/h5-6,9,18H,3-4,7-8,10,16H2,1-2H3,(H,17,19). The molecule has 110 valence electrons. The van der Waals surface area contributed by atoms with E-state index in [9.17, 15) is 4.79 Å². The van der Waals surface area contributed by atoms with Crippen molar-refractivity contribution in [2.45, 2.75) is 32.3 Å². The Bertz CT molecular complexity index is 482. The molecule has 1 heterocycles. The molecule has 0 bridgehead atoms. The van der Waals surface area contributed by atoms with Gasteiger partial charge in [0.25, 0.3) is 5.91 Å². The number of anilines is 2. The van der Waals surface area contributed by atoms with Gasteiger partial charge in [0.15, 0.2) is 0 Å². The average molecular weight is 277 g/mol. The molecule has 2 rings (SSSR count). The molecule has 1 saturated heterocycles. The first-order valence-corrected chi connectivity index (χ1v) is 7.09. The Labute approximate surface area is 119 Å². The zero-order chi connectivity index (χ0) is 14.6. The molecule has 4 N–H and O–H groups in total. The molecular formula is C15H23N3O2. The van der Waals surface area contributed by atoms with Crippen molar-refractivity contribution < 1.29 is 9.53 Å². The van der Waals surface area contributed by atoms with Crippen molar-refractivity contribution in [2.75, 3.05) is 30.7 Å². The summed E-state index contributed by atoms with van der Waals surface area (Å²) in [6.07, 6.45) is 2.15. The van der Waals surface area contributed by atoms with Crippen molar-refractivity contribution in [3.05, 3.63) is 23.8 Å². The SMILES string of the molecule is CCNC(=O)c1ccc(NCC2(C)CCCO2)c(N)c1. The summed E-state index contributed by atoms with van der Waals surface area (Å²) >= 11 is 0. The Balaban J connectivity index is 2.00. The van der Waals surface area contributed by atoms with Gasteiger partial charge in [-0.3, -0.25) is 4.79 Å². The van der Waals surface area contributed by atoms with E-state index in [-0.39, 0.29) is 11.5 Å². The van der Waals surface area contributed by atoms with Crippen LogP contribution in [0.15, 0.2) is 18.2 Å². The van der Waals surface area contributed by atoms with Crippen LogP contribution in [0.4, 0.5) is 11.4 Å². The fourth-order valence-corrected chi connectivity index (χ4v) is 2.39. The van der Waals surface area contributed by atoms with Crippen LogP contribution in [0.1, 0.15) is 37.0 Å². The molecule has 1 atom stereocenters. The number of nitrogens with one attached hydrogen (secondary N) is 2. The van der Waals surface area contributed by atoms with Crippen molar-refractivity contribution in [3.63, 3.8) is 0 Å². The van der Waals surface area contributed by atoms with Gasteiger partial charge in [0.1, 0.15) is 0 Å². The molecule has 1 aliphatic rings. The first kappa shape index (κ1) is 14.7. The van der Waals surface area contributed by atoms with Gasteiger partial charge in [0.2, 0.25) is 0 Å². The van der Waals surface area contributed by atoms with Gasteiger partial charge in [-0.2, -0.15) is 0 Å². The van der Waals surface area contributed by atoms with E-state index in [1.54, 1.807) is 12.1 Å². The smallest absolute Gasteiger partial charge is 0.251 e. The molecule has 0 spiro atoms. The van der Waals surface area contributed by atoms with Crippen molar-refractivity contribution in [1.82, 2.24) is 5.32 Å². The highest BCUT2D eigenvalue weighted by Crippen LogP contribution is 2.27. The van der Waals surface area contributed by atoms with E-state index in [0.717, 1.165) is 31.7 Å². The van der Waals surface area contributed by atoms with Crippen LogP contribution in [-0.4, -0.2) is 31.2 Å². The lowest BCUT2D eigenvalue weighted by Gasteiger charge is -2.24. The molecule has 0 aliphatic carbocycles. The monoisotopic (exact) mass is 277 g/mol. The molecule has 0 radical (unpaired) electrons. The third kappa shape index (κ3) is 3.42. The van der Waals surface area contributed by atoms with E-state index in [0.29, 0.717) is 17.8 Å².